The minimum Gasteiger partial charge on any atom is -0.486 e. The molecular formula is C23H18Cl2N2O3. The summed E-state index contributed by atoms with van der Waals surface area (Å²) in [6.45, 7) is 0. The van der Waals surface area contributed by atoms with Gasteiger partial charge in [-0.25, -0.2) is 4.42 Å². The minimum absolute atomic E-state index is 0.132. The van der Waals surface area contributed by atoms with E-state index in [4.69, 9.17) is 32.5 Å². The zero-order valence-electron chi connectivity index (χ0n) is 16.0. The first-order chi connectivity index (χ1) is 14.6. The molecule has 4 aromatic rings. The fraction of sp³-hybridized carbons (Fsp3) is 0.217. The molecule has 1 aliphatic carbocycles. The highest BCUT2D eigenvalue weighted by atomic mass is 35.5. The molecule has 0 aliphatic heterocycles. The second-order valence-electron chi connectivity index (χ2n) is 7.36. The predicted octanol–water partition coefficient (Wildman–Crippen LogP) is 6.76. The Morgan fingerprint density at radius 2 is 1.97 bits per heavy atom. The van der Waals surface area contributed by atoms with Crippen LogP contribution in [0.15, 0.2) is 59.3 Å². The largest absolute Gasteiger partial charge is 0.486 e. The summed E-state index contributed by atoms with van der Waals surface area (Å²) in [6, 6.07) is 12.6. The maximum absolute atomic E-state index is 13.0. The number of benzene rings is 2. The molecule has 0 spiro atoms. The number of amides is 1. The quantitative estimate of drug-likeness (QED) is 0.329. The third-order valence-electron chi connectivity index (χ3n) is 5.42. The highest BCUT2D eigenvalue weighted by Gasteiger charge is 2.28. The zero-order valence-corrected chi connectivity index (χ0v) is 17.5. The Morgan fingerprint density at radius 1 is 1.17 bits per heavy atom. The molecular weight excluding hydrogens is 423 g/mol. The van der Waals surface area contributed by atoms with Crippen LogP contribution in [0.1, 0.15) is 36.0 Å². The van der Waals surface area contributed by atoms with Crippen LogP contribution in [-0.2, 0) is 0 Å². The molecule has 5 rings (SSSR count). The summed E-state index contributed by atoms with van der Waals surface area (Å²) in [7, 11) is 0. The molecule has 30 heavy (non-hydrogen) atoms. The summed E-state index contributed by atoms with van der Waals surface area (Å²) in [4.78, 5) is 17.0. The summed E-state index contributed by atoms with van der Waals surface area (Å²) in [6.07, 6.45) is 7.49. The normalized spacial score (nSPS) is 14.5. The van der Waals surface area contributed by atoms with Crippen molar-refractivity contribution >= 4 is 56.9 Å². The van der Waals surface area contributed by atoms with Gasteiger partial charge in [-0.05, 0) is 43.9 Å². The number of pyridine rings is 1. The van der Waals surface area contributed by atoms with E-state index in [1.54, 1.807) is 24.4 Å². The van der Waals surface area contributed by atoms with Gasteiger partial charge in [0.1, 0.15) is 5.58 Å². The lowest BCUT2D eigenvalue weighted by Crippen LogP contribution is -2.21. The zero-order chi connectivity index (χ0) is 20.7. The first-order valence-electron chi connectivity index (χ1n) is 9.84. The number of hydrogen-bond donors (Lipinski definition) is 0. The molecule has 2 aromatic heterocycles. The van der Waals surface area contributed by atoms with Crippen molar-refractivity contribution in [2.45, 2.75) is 31.8 Å². The van der Waals surface area contributed by atoms with E-state index in [-0.39, 0.29) is 6.10 Å². The van der Waals surface area contributed by atoms with Crippen LogP contribution in [0.2, 0.25) is 5.02 Å². The van der Waals surface area contributed by atoms with Crippen LogP contribution in [0.3, 0.4) is 0 Å². The molecule has 0 saturated heterocycles. The summed E-state index contributed by atoms with van der Waals surface area (Å²) >= 11 is 13.2. The summed E-state index contributed by atoms with van der Waals surface area (Å²) in [5, 5.41) is 1.78. The number of para-hydroxylation sites is 1. The second kappa shape index (κ2) is 7.82. The number of aromatic nitrogens is 1. The van der Waals surface area contributed by atoms with Gasteiger partial charge in [0.05, 0.1) is 27.8 Å². The lowest BCUT2D eigenvalue weighted by atomic mass is 10.1. The van der Waals surface area contributed by atoms with Crippen LogP contribution in [0, 0.1) is 0 Å². The molecule has 2 heterocycles. The number of halogens is 2. The Morgan fingerprint density at radius 3 is 2.73 bits per heavy atom. The second-order valence-corrected chi connectivity index (χ2v) is 8.10. The predicted molar refractivity (Wildman–Crippen MR) is 119 cm³/mol. The Bertz CT molecular complexity index is 1230. The van der Waals surface area contributed by atoms with E-state index in [0.29, 0.717) is 38.6 Å². The van der Waals surface area contributed by atoms with E-state index in [2.05, 4.69) is 4.98 Å². The SMILES string of the molecule is O=C(c1cccnc1)N(Cl)c1c(Cl)cc(OC2CCCC2)c2oc3ccccc3c12. The average molecular weight is 441 g/mol. The molecule has 152 valence electrons. The first kappa shape index (κ1) is 19.2. The maximum Gasteiger partial charge on any atom is 0.274 e. The highest BCUT2D eigenvalue weighted by molar-refractivity contribution is 6.46. The van der Waals surface area contributed by atoms with Crippen molar-refractivity contribution in [3.63, 3.8) is 0 Å². The number of anilines is 1. The number of nitrogens with zero attached hydrogens (tertiary/aromatic N) is 2. The Balaban J connectivity index is 1.70. The molecule has 1 fully saturated rings. The first-order valence-corrected chi connectivity index (χ1v) is 10.6. The summed E-state index contributed by atoms with van der Waals surface area (Å²) in [5.74, 6) is 0.142. The van der Waals surface area contributed by atoms with E-state index in [1.807, 2.05) is 24.3 Å². The molecule has 1 saturated carbocycles. The van der Waals surface area contributed by atoms with Gasteiger partial charge in [0.15, 0.2) is 11.3 Å². The maximum atomic E-state index is 13.0. The van der Waals surface area contributed by atoms with Gasteiger partial charge in [0.2, 0.25) is 0 Å². The van der Waals surface area contributed by atoms with E-state index in [0.717, 1.165) is 35.5 Å². The molecule has 7 heteroatoms. The van der Waals surface area contributed by atoms with Crippen molar-refractivity contribution in [3.8, 4) is 5.75 Å². The van der Waals surface area contributed by atoms with Crippen molar-refractivity contribution in [1.82, 2.24) is 4.98 Å². The monoisotopic (exact) mass is 440 g/mol. The molecule has 0 N–H and O–H groups in total. The third-order valence-corrected chi connectivity index (χ3v) is 6.03. The topological polar surface area (TPSA) is 55.6 Å². The highest BCUT2D eigenvalue weighted by Crippen LogP contribution is 2.46. The smallest absolute Gasteiger partial charge is 0.274 e. The van der Waals surface area contributed by atoms with Gasteiger partial charge in [-0.15, -0.1) is 0 Å². The van der Waals surface area contributed by atoms with Crippen molar-refractivity contribution < 1.29 is 13.9 Å². The Kier molecular flexibility index (Phi) is 5.01. The van der Waals surface area contributed by atoms with E-state index >= 15 is 0 Å². The fourth-order valence-electron chi connectivity index (χ4n) is 3.99. The molecule has 0 atom stereocenters. The van der Waals surface area contributed by atoms with Gasteiger partial charge in [-0.2, -0.15) is 0 Å². The number of carbonyl (C=O) groups excluding carboxylic acids is 1. The number of rotatable bonds is 4. The van der Waals surface area contributed by atoms with Crippen molar-refractivity contribution in [2.24, 2.45) is 0 Å². The van der Waals surface area contributed by atoms with Gasteiger partial charge >= 0.3 is 0 Å². The van der Waals surface area contributed by atoms with Crippen LogP contribution < -0.4 is 9.16 Å². The van der Waals surface area contributed by atoms with Gasteiger partial charge in [0.25, 0.3) is 5.91 Å². The van der Waals surface area contributed by atoms with Crippen LogP contribution >= 0.6 is 23.4 Å². The number of furan rings is 1. The number of ether oxygens (including phenoxy) is 1. The van der Waals surface area contributed by atoms with Gasteiger partial charge in [0, 0.05) is 35.6 Å². The molecule has 5 nitrogen and oxygen atoms in total. The van der Waals surface area contributed by atoms with Crippen LogP contribution in [0.4, 0.5) is 5.69 Å². The number of fused-ring (bicyclic) bond motifs is 3. The van der Waals surface area contributed by atoms with Crippen LogP contribution in [0.25, 0.3) is 21.9 Å². The molecule has 0 radical (unpaired) electrons. The number of carbonyl (C=O) groups is 1. The van der Waals surface area contributed by atoms with Crippen molar-refractivity contribution in [3.05, 3.63) is 65.4 Å². The third kappa shape index (κ3) is 3.28. The van der Waals surface area contributed by atoms with Crippen LogP contribution in [0.5, 0.6) is 5.75 Å². The van der Waals surface area contributed by atoms with E-state index in [9.17, 15) is 4.79 Å². The van der Waals surface area contributed by atoms with E-state index in [1.165, 1.54) is 6.20 Å². The molecule has 0 bridgehead atoms. The minimum atomic E-state index is -0.428. The standard InChI is InChI=1S/C23H18Cl2N2O3/c24-17-12-19(29-15-7-1-2-8-15)22-20(16-9-3-4-10-18(16)30-22)21(17)27(25)23(28)14-6-5-11-26-13-14/h3-6,9-13,15H,1-2,7-8H2. The Labute approximate surface area is 183 Å². The number of hydrogen-bond acceptors (Lipinski definition) is 4. The van der Waals surface area contributed by atoms with Crippen LogP contribution in [-0.4, -0.2) is 17.0 Å². The molecule has 1 amide bonds. The van der Waals surface area contributed by atoms with Crippen molar-refractivity contribution in [1.29, 1.82) is 0 Å². The van der Waals surface area contributed by atoms with E-state index < -0.39 is 5.91 Å². The lowest BCUT2D eigenvalue weighted by molar-refractivity contribution is 0.101. The molecule has 2 aromatic carbocycles. The van der Waals surface area contributed by atoms with Gasteiger partial charge < -0.3 is 9.15 Å². The summed E-state index contributed by atoms with van der Waals surface area (Å²) < 4.78 is 13.4. The lowest BCUT2D eigenvalue weighted by Gasteiger charge is -2.19. The molecule has 0 unspecified atom stereocenters. The Hall–Kier alpha value is -2.76. The average Bonchev–Trinajstić information content (AvgIpc) is 3.42. The van der Waals surface area contributed by atoms with Gasteiger partial charge in [-0.1, -0.05) is 29.8 Å². The molecule has 1 aliphatic rings. The van der Waals surface area contributed by atoms with Gasteiger partial charge in [-0.3, -0.25) is 9.78 Å². The summed E-state index contributed by atoms with van der Waals surface area (Å²) in [5.41, 5.74) is 1.93. The fourth-order valence-corrected chi connectivity index (χ4v) is 4.59. The van der Waals surface area contributed by atoms with Crippen molar-refractivity contribution in [2.75, 3.05) is 4.42 Å².